The van der Waals surface area contributed by atoms with Gasteiger partial charge in [0.1, 0.15) is 18.5 Å². The number of esters is 1. The Kier molecular flexibility index (Phi) is 4.93. The van der Waals surface area contributed by atoms with Crippen LogP contribution in [-0.4, -0.2) is 49.6 Å². The Morgan fingerprint density at radius 1 is 1.38 bits per heavy atom. The molecule has 1 aromatic rings. The number of halogens is 2. The lowest BCUT2D eigenvalue weighted by molar-refractivity contribution is -0.164. The number of carbonyl (C=O) groups excluding carboxylic acids is 1. The van der Waals surface area contributed by atoms with E-state index in [0.29, 0.717) is 25.4 Å². The first-order valence-electron chi connectivity index (χ1n) is 7.99. The van der Waals surface area contributed by atoms with Gasteiger partial charge in [-0.1, -0.05) is 6.07 Å². The second-order valence-electron chi connectivity index (χ2n) is 6.42. The van der Waals surface area contributed by atoms with E-state index in [1.165, 1.54) is 0 Å². The van der Waals surface area contributed by atoms with Gasteiger partial charge in [0.15, 0.2) is 6.10 Å². The molecule has 0 spiro atoms. The van der Waals surface area contributed by atoms with Gasteiger partial charge >= 0.3 is 21.3 Å². The molecule has 1 fully saturated rings. The fraction of sp³-hybridized carbons (Fsp3) is 0.562. The lowest BCUT2D eigenvalue weighted by Gasteiger charge is -2.22. The summed E-state index contributed by atoms with van der Waals surface area (Å²) in [5.74, 6) is -1.02. The minimum absolute atomic E-state index is 0.108. The molecule has 3 unspecified atom stereocenters. The molecule has 0 saturated carbocycles. The number of rotatable bonds is 7. The van der Waals surface area contributed by atoms with E-state index in [9.17, 15) is 22.0 Å². The Hall–Kier alpha value is -1.78. The molecule has 0 aromatic heterocycles. The number of hydrogen-bond acceptors (Lipinski definition) is 6. The molecule has 3 atom stereocenters. The van der Waals surface area contributed by atoms with Crippen LogP contribution < -0.4 is 4.74 Å². The van der Waals surface area contributed by atoms with Gasteiger partial charge in [0.2, 0.25) is 0 Å². The van der Waals surface area contributed by atoms with Crippen molar-refractivity contribution < 1.29 is 40.8 Å². The highest BCUT2D eigenvalue weighted by atomic mass is 32.2. The normalized spacial score (nSPS) is 23.2. The van der Waals surface area contributed by atoms with Crippen LogP contribution in [0.5, 0.6) is 5.75 Å². The quantitative estimate of drug-likeness (QED) is 0.427. The highest BCUT2D eigenvalue weighted by molar-refractivity contribution is 7.86. The number of ether oxygens (including phenoxy) is 3. The Morgan fingerprint density at radius 3 is 2.65 bits per heavy atom. The molecule has 26 heavy (non-hydrogen) atoms. The first-order chi connectivity index (χ1) is 12.1. The Morgan fingerprint density at radius 2 is 2.04 bits per heavy atom. The number of epoxide rings is 1. The Labute approximate surface area is 149 Å². The van der Waals surface area contributed by atoms with E-state index in [-0.39, 0.29) is 12.5 Å². The molecule has 1 aliphatic carbocycles. The summed E-state index contributed by atoms with van der Waals surface area (Å²) in [7, 11) is -5.68. The van der Waals surface area contributed by atoms with E-state index in [1.54, 1.807) is 18.2 Å². The Bertz CT molecular complexity index is 805. The van der Waals surface area contributed by atoms with Gasteiger partial charge in [-0.25, -0.2) is 0 Å². The van der Waals surface area contributed by atoms with Crippen molar-refractivity contribution in [2.75, 3.05) is 13.2 Å². The van der Waals surface area contributed by atoms with Crippen molar-refractivity contribution >= 4 is 16.1 Å². The maximum absolute atomic E-state index is 13.5. The summed E-state index contributed by atoms with van der Waals surface area (Å²) in [6.07, 6.45) is -1.62. The maximum atomic E-state index is 13.5. The number of fused-ring (bicyclic) bond motifs is 1. The molecule has 0 bridgehead atoms. The molecule has 7 nitrogen and oxygen atoms in total. The van der Waals surface area contributed by atoms with Crippen molar-refractivity contribution in [3.05, 3.63) is 29.3 Å². The summed E-state index contributed by atoms with van der Waals surface area (Å²) in [6, 6.07) is 5.33. The van der Waals surface area contributed by atoms with Crippen molar-refractivity contribution in [2.45, 2.75) is 37.2 Å². The number of carbonyl (C=O) groups is 1. The second-order valence-corrected chi connectivity index (χ2v) is 7.91. The molecule has 2 aliphatic rings. The maximum Gasteiger partial charge on any atom is 0.405 e. The van der Waals surface area contributed by atoms with Crippen LogP contribution in [-0.2, 0) is 37.2 Å². The first-order valence-corrected chi connectivity index (χ1v) is 9.43. The fourth-order valence-electron chi connectivity index (χ4n) is 2.75. The zero-order chi connectivity index (χ0) is 19.1. The molecular weight excluding hydrogens is 374 g/mol. The van der Waals surface area contributed by atoms with Gasteiger partial charge in [0.25, 0.3) is 0 Å². The zero-order valence-electron chi connectivity index (χ0n) is 13.9. The van der Waals surface area contributed by atoms with Crippen LogP contribution >= 0.6 is 0 Å². The van der Waals surface area contributed by atoms with Gasteiger partial charge in [-0.3, -0.25) is 9.35 Å². The number of hydrogen-bond donors (Lipinski definition) is 1. The average Bonchev–Trinajstić information content (AvgIpc) is 3.28. The summed E-state index contributed by atoms with van der Waals surface area (Å²) in [4.78, 5) is 12.1. The molecule has 144 valence electrons. The van der Waals surface area contributed by atoms with Crippen LogP contribution in [0.1, 0.15) is 18.1 Å². The van der Waals surface area contributed by atoms with Crippen molar-refractivity contribution in [1.82, 2.24) is 0 Å². The van der Waals surface area contributed by atoms with Crippen molar-refractivity contribution in [3.63, 3.8) is 0 Å². The lowest BCUT2D eigenvalue weighted by atomic mass is 10.1. The second kappa shape index (κ2) is 6.75. The minimum Gasteiger partial charge on any atom is -0.491 e. The SMILES string of the molecule is CC(OC(=O)C1Cc2ccc(OCC3CO3)cc2C1)C(F)(F)S(=O)(=O)O. The zero-order valence-corrected chi connectivity index (χ0v) is 14.7. The summed E-state index contributed by atoms with van der Waals surface area (Å²) in [6.45, 7) is 1.83. The van der Waals surface area contributed by atoms with Gasteiger partial charge in [0, 0.05) is 0 Å². The minimum atomic E-state index is -5.68. The van der Waals surface area contributed by atoms with E-state index < -0.39 is 33.4 Å². The largest absolute Gasteiger partial charge is 0.491 e. The van der Waals surface area contributed by atoms with Gasteiger partial charge in [-0.05, 0) is 43.0 Å². The van der Waals surface area contributed by atoms with Crippen LogP contribution in [0.2, 0.25) is 0 Å². The summed E-state index contributed by atoms with van der Waals surface area (Å²) in [5.41, 5.74) is 1.71. The first kappa shape index (κ1) is 19.0. The molecule has 10 heteroatoms. The van der Waals surface area contributed by atoms with Crippen LogP contribution in [0.3, 0.4) is 0 Å². The fourth-order valence-corrected chi connectivity index (χ4v) is 3.22. The van der Waals surface area contributed by atoms with Crippen LogP contribution in [0.4, 0.5) is 8.78 Å². The van der Waals surface area contributed by atoms with Crippen molar-refractivity contribution in [3.8, 4) is 5.75 Å². The third-order valence-corrected chi connectivity index (χ3v) is 5.41. The average molecular weight is 392 g/mol. The molecule has 1 heterocycles. The molecule has 0 radical (unpaired) electrons. The molecule has 1 aliphatic heterocycles. The van der Waals surface area contributed by atoms with Gasteiger partial charge in [-0.2, -0.15) is 17.2 Å². The van der Waals surface area contributed by atoms with E-state index in [0.717, 1.165) is 18.1 Å². The monoisotopic (exact) mass is 392 g/mol. The lowest BCUT2D eigenvalue weighted by Crippen LogP contribution is -2.42. The molecule has 1 saturated heterocycles. The Balaban J connectivity index is 1.60. The van der Waals surface area contributed by atoms with E-state index in [1.807, 2.05) is 0 Å². The molecule has 1 aromatic carbocycles. The standard InChI is InChI=1S/C16H18F2O7S/c1-9(16(17,18)26(20,21)22)25-15(19)12-4-10-2-3-13(6-11(10)5-12)23-7-14-8-24-14/h2-3,6,9,12,14H,4-5,7-8H2,1H3,(H,20,21,22). The van der Waals surface area contributed by atoms with Crippen molar-refractivity contribution in [1.29, 1.82) is 0 Å². The van der Waals surface area contributed by atoms with Crippen LogP contribution in [0, 0.1) is 5.92 Å². The van der Waals surface area contributed by atoms with E-state index >= 15 is 0 Å². The summed E-state index contributed by atoms with van der Waals surface area (Å²) in [5, 5.41) is -4.57. The third kappa shape index (κ3) is 3.97. The molecule has 0 amide bonds. The van der Waals surface area contributed by atoms with Gasteiger partial charge < -0.3 is 14.2 Å². The van der Waals surface area contributed by atoms with Gasteiger partial charge in [-0.15, -0.1) is 0 Å². The highest BCUT2D eigenvalue weighted by Crippen LogP contribution is 2.33. The molecule has 1 N–H and O–H groups in total. The third-order valence-electron chi connectivity index (χ3n) is 4.39. The predicted octanol–water partition coefficient (Wildman–Crippen LogP) is 1.59. The van der Waals surface area contributed by atoms with Gasteiger partial charge in [0.05, 0.1) is 12.5 Å². The number of benzene rings is 1. The smallest absolute Gasteiger partial charge is 0.405 e. The number of alkyl halides is 2. The van der Waals surface area contributed by atoms with Crippen LogP contribution in [0.15, 0.2) is 18.2 Å². The van der Waals surface area contributed by atoms with Crippen LogP contribution in [0.25, 0.3) is 0 Å². The van der Waals surface area contributed by atoms with Crippen molar-refractivity contribution in [2.24, 2.45) is 5.92 Å². The van der Waals surface area contributed by atoms with E-state index in [4.69, 9.17) is 14.0 Å². The summed E-state index contributed by atoms with van der Waals surface area (Å²) < 4.78 is 72.2. The molecular formula is C16H18F2O7S. The topological polar surface area (TPSA) is 102 Å². The molecule has 3 rings (SSSR count). The predicted molar refractivity (Wildman–Crippen MR) is 84.6 cm³/mol. The van der Waals surface area contributed by atoms with E-state index in [2.05, 4.69) is 4.74 Å². The highest BCUT2D eigenvalue weighted by Gasteiger charge is 2.52. The summed E-state index contributed by atoms with van der Waals surface area (Å²) >= 11 is 0.